The summed E-state index contributed by atoms with van der Waals surface area (Å²) in [5.74, 6) is 0. The maximum absolute atomic E-state index is 10.5. The molecule has 0 amide bonds. The van der Waals surface area contributed by atoms with Crippen molar-refractivity contribution in [3.8, 4) is 0 Å². The molecule has 0 aliphatic heterocycles. The summed E-state index contributed by atoms with van der Waals surface area (Å²) < 4.78 is 0. The van der Waals surface area contributed by atoms with E-state index in [0.29, 0.717) is 5.02 Å². The van der Waals surface area contributed by atoms with Gasteiger partial charge in [0.25, 0.3) is 0 Å². The third-order valence-corrected chi connectivity index (χ3v) is 1.85. The van der Waals surface area contributed by atoms with Crippen LogP contribution in [0.4, 0.5) is 0 Å². The lowest BCUT2D eigenvalue weighted by Gasteiger charge is -2.00. The van der Waals surface area contributed by atoms with Gasteiger partial charge in [-0.3, -0.25) is 4.79 Å². The highest BCUT2D eigenvalue weighted by Gasteiger charge is 1.98. The fourth-order valence-corrected chi connectivity index (χ4v) is 1.19. The molecule has 2 heteroatoms. The van der Waals surface area contributed by atoms with E-state index < -0.39 is 0 Å². The number of carbonyl (C=O) groups is 1. The summed E-state index contributed by atoms with van der Waals surface area (Å²) in [6, 6.07) is 5.30. The highest BCUT2D eigenvalue weighted by molar-refractivity contribution is 6.30. The highest BCUT2D eigenvalue weighted by atomic mass is 35.5. The molecular formula is C9H9ClO. The first-order valence-electron chi connectivity index (χ1n) is 3.51. The topological polar surface area (TPSA) is 17.1 Å². The van der Waals surface area contributed by atoms with Crippen molar-refractivity contribution in [2.75, 3.05) is 0 Å². The zero-order valence-electron chi connectivity index (χ0n) is 6.30. The molecule has 0 saturated carbocycles. The first kappa shape index (κ1) is 8.28. The lowest BCUT2D eigenvalue weighted by Crippen LogP contribution is -1.89. The molecule has 1 rings (SSSR count). The van der Waals surface area contributed by atoms with Gasteiger partial charge in [-0.15, -0.1) is 0 Å². The molecule has 58 valence electrons. The van der Waals surface area contributed by atoms with Crippen LogP contribution in [0.5, 0.6) is 0 Å². The minimum absolute atomic E-state index is 0.687. The molecule has 0 spiro atoms. The third kappa shape index (κ3) is 1.81. The fourth-order valence-electron chi connectivity index (χ4n) is 0.995. The van der Waals surface area contributed by atoms with Gasteiger partial charge in [0, 0.05) is 10.6 Å². The van der Waals surface area contributed by atoms with E-state index in [0.717, 1.165) is 23.8 Å². The van der Waals surface area contributed by atoms with Gasteiger partial charge in [0.15, 0.2) is 0 Å². The van der Waals surface area contributed by atoms with Crippen LogP contribution in [0, 0.1) is 0 Å². The van der Waals surface area contributed by atoms with E-state index >= 15 is 0 Å². The Hall–Kier alpha value is -0.820. The maximum Gasteiger partial charge on any atom is 0.150 e. The Kier molecular flexibility index (Phi) is 2.66. The molecule has 0 aliphatic carbocycles. The molecule has 0 aromatic heterocycles. The second-order valence-corrected chi connectivity index (χ2v) is 2.75. The Balaban J connectivity index is 3.16. The van der Waals surface area contributed by atoms with Gasteiger partial charge >= 0.3 is 0 Å². The summed E-state index contributed by atoms with van der Waals surface area (Å²) in [6.07, 6.45) is 1.70. The number of carbonyl (C=O) groups excluding carboxylic acids is 1. The first-order chi connectivity index (χ1) is 5.27. The van der Waals surface area contributed by atoms with Gasteiger partial charge in [-0.25, -0.2) is 0 Å². The van der Waals surface area contributed by atoms with Crippen LogP contribution >= 0.6 is 11.6 Å². The summed E-state index contributed by atoms with van der Waals surface area (Å²) in [4.78, 5) is 10.5. The molecule has 0 radical (unpaired) electrons. The van der Waals surface area contributed by atoms with E-state index in [2.05, 4.69) is 0 Å². The lowest BCUT2D eigenvalue weighted by molar-refractivity contribution is 0.112. The molecule has 0 unspecified atom stereocenters. The number of aldehydes is 1. The fraction of sp³-hybridized carbons (Fsp3) is 0.222. The molecule has 1 aromatic carbocycles. The van der Waals surface area contributed by atoms with Crippen molar-refractivity contribution in [3.63, 3.8) is 0 Å². The van der Waals surface area contributed by atoms with Crippen LogP contribution in [0.25, 0.3) is 0 Å². The average Bonchev–Trinajstić information content (AvgIpc) is 2.04. The van der Waals surface area contributed by atoms with Crippen LogP contribution in [0.3, 0.4) is 0 Å². The average molecular weight is 169 g/mol. The van der Waals surface area contributed by atoms with Crippen molar-refractivity contribution in [1.82, 2.24) is 0 Å². The van der Waals surface area contributed by atoms with Crippen molar-refractivity contribution >= 4 is 17.9 Å². The molecule has 0 N–H and O–H groups in total. The van der Waals surface area contributed by atoms with Crippen molar-refractivity contribution in [3.05, 3.63) is 34.3 Å². The van der Waals surface area contributed by atoms with E-state index in [9.17, 15) is 4.79 Å². The van der Waals surface area contributed by atoms with Crippen LogP contribution < -0.4 is 0 Å². The number of aryl methyl sites for hydroxylation is 1. The van der Waals surface area contributed by atoms with Gasteiger partial charge in [-0.05, 0) is 30.2 Å². The molecule has 0 bridgehead atoms. The second kappa shape index (κ2) is 3.54. The molecule has 0 saturated heterocycles. The third-order valence-electron chi connectivity index (χ3n) is 1.61. The Morgan fingerprint density at radius 3 is 2.82 bits per heavy atom. The minimum Gasteiger partial charge on any atom is -0.298 e. The number of benzene rings is 1. The van der Waals surface area contributed by atoms with E-state index in [-0.39, 0.29) is 0 Å². The van der Waals surface area contributed by atoms with Crippen molar-refractivity contribution in [1.29, 1.82) is 0 Å². The van der Waals surface area contributed by atoms with Crippen molar-refractivity contribution in [2.45, 2.75) is 13.3 Å². The van der Waals surface area contributed by atoms with E-state index in [1.807, 2.05) is 13.0 Å². The predicted molar refractivity (Wildman–Crippen MR) is 46.2 cm³/mol. The summed E-state index contributed by atoms with van der Waals surface area (Å²) in [5.41, 5.74) is 1.74. The van der Waals surface area contributed by atoms with Crippen LogP contribution in [-0.4, -0.2) is 6.29 Å². The Morgan fingerprint density at radius 2 is 2.27 bits per heavy atom. The molecular weight excluding hydrogens is 160 g/mol. The summed E-state index contributed by atoms with van der Waals surface area (Å²) in [6.45, 7) is 2.00. The molecule has 0 aliphatic rings. The Morgan fingerprint density at radius 1 is 1.55 bits per heavy atom. The second-order valence-electron chi connectivity index (χ2n) is 2.31. The smallest absolute Gasteiger partial charge is 0.150 e. The highest BCUT2D eigenvalue weighted by Crippen LogP contribution is 2.14. The number of hydrogen-bond acceptors (Lipinski definition) is 1. The van der Waals surface area contributed by atoms with Gasteiger partial charge in [-0.1, -0.05) is 18.5 Å². The normalized spacial score (nSPS) is 9.64. The van der Waals surface area contributed by atoms with Gasteiger partial charge in [0.1, 0.15) is 6.29 Å². The molecule has 11 heavy (non-hydrogen) atoms. The monoisotopic (exact) mass is 168 g/mol. The van der Waals surface area contributed by atoms with E-state index in [1.165, 1.54) is 0 Å². The van der Waals surface area contributed by atoms with Crippen LogP contribution in [-0.2, 0) is 6.42 Å². The predicted octanol–water partition coefficient (Wildman–Crippen LogP) is 2.71. The molecule has 0 heterocycles. The molecule has 0 atom stereocenters. The molecule has 1 nitrogen and oxygen atoms in total. The molecule has 1 aromatic rings. The van der Waals surface area contributed by atoms with Crippen LogP contribution in [0.2, 0.25) is 5.02 Å². The summed E-state index contributed by atoms with van der Waals surface area (Å²) >= 11 is 5.74. The van der Waals surface area contributed by atoms with Gasteiger partial charge in [0.05, 0.1) is 0 Å². The van der Waals surface area contributed by atoms with E-state index in [1.54, 1.807) is 12.1 Å². The van der Waals surface area contributed by atoms with E-state index in [4.69, 9.17) is 11.6 Å². The number of rotatable bonds is 2. The standard InChI is InChI=1S/C9H9ClO/c1-2-7-5-9(10)4-3-8(7)6-11/h3-6H,2H2,1H3. The zero-order valence-corrected chi connectivity index (χ0v) is 7.06. The maximum atomic E-state index is 10.5. The molecule has 0 fully saturated rings. The van der Waals surface area contributed by atoms with Crippen molar-refractivity contribution < 1.29 is 4.79 Å². The summed E-state index contributed by atoms with van der Waals surface area (Å²) in [7, 11) is 0. The first-order valence-corrected chi connectivity index (χ1v) is 3.89. The SMILES string of the molecule is CCc1cc(Cl)ccc1C=O. The minimum atomic E-state index is 0.687. The van der Waals surface area contributed by atoms with Crippen LogP contribution in [0.1, 0.15) is 22.8 Å². The van der Waals surface area contributed by atoms with Gasteiger partial charge in [0.2, 0.25) is 0 Å². The Bertz CT molecular complexity index is 268. The zero-order chi connectivity index (χ0) is 8.27. The number of hydrogen-bond donors (Lipinski definition) is 0. The lowest BCUT2D eigenvalue weighted by atomic mass is 10.1. The largest absolute Gasteiger partial charge is 0.298 e. The quantitative estimate of drug-likeness (QED) is 0.621. The van der Waals surface area contributed by atoms with Crippen molar-refractivity contribution in [2.24, 2.45) is 0 Å². The van der Waals surface area contributed by atoms with Crippen LogP contribution in [0.15, 0.2) is 18.2 Å². The van der Waals surface area contributed by atoms with Gasteiger partial charge in [-0.2, -0.15) is 0 Å². The number of halogens is 1. The summed E-state index contributed by atoms with van der Waals surface area (Å²) in [5, 5.41) is 0.687. The Labute approximate surface area is 71.0 Å². The van der Waals surface area contributed by atoms with Gasteiger partial charge < -0.3 is 0 Å².